The Hall–Kier alpha value is -1.87. The average Bonchev–Trinajstić information content (AvgIpc) is 2.39. The Bertz CT molecular complexity index is 511. The van der Waals surface area contributed by atoms with E-state index in [4.69, 9.17) is 4.74 Å². The Balaban J connectivity index is 2.16. The van der Waals surface area contributed by atoms with Gasteiger partial charge in [-0.25, -0.2) is 0 Å². The van der Waals surface area contributed by atoms with Gasteiger partial charge in [0.15, 0.2) is 0 Å². The third-order valence-electron chi connectivity index (χ3n) is 2.77. The lowest BCUT2D eigenvalue weighted by molar-refractivity contribution is 0.165. The minimum atomic E-state index is -0.607. The highest BCUT2D eigenvalue weighted by atomic mass is 16.5. The third-order valence-corrected chi connectivity index (χ3v) is 2.77. The van der Waals surface area contributed by atoms with E-state index in [1.165, 1.54) is 0 Å². The molecule has 0 aliphatic carbocycles. The first-order chi connectivity index (χ1) is 9.16. The predicted octanol–water partition coefficient (Wildman–Crippen LogP) is 3.14. The van der Waals surface area contributed by atoms with E-state index in [1.54, 1.807) is 6.20 Å². The van der Waals surface area contributed by atoms with Gasteiger partial charge >= 0.3 is 0 Å². The van der Waals surface area contributed by atoms with Crippen molar-refractivity contribution in [2.24, 2.45) is 0 Å². The topological polar surface area (TPSA) is 42.4 Å². The minimum absolute atomic E-state index is 0.0863. The molecule has 1 heterocycles. The van der Waals surface area contributed by atoms with Crippen LogP contribution in [0.3, 0.4) is 0 Å². The second-order valence-corrected chi connectivity index (χ2v) is 4.75. The minimum Gasteiger partial charge on any atom is -0.491 e. The molecule has 0 saturated carbocycles. The van der Waals surface area contributed by atoms with Crippen LogP contribution in [0.25, 0.3) is 0 Å². The summed E-state index contributed by atoms with van der Waals surface area (Å²) in [5.41, 5.74) is 1.68. The van der Waals surface area contributed by atoms with Gasteiger partial charge in [0.05, 0.1) is 12.2 Å². The summed E-state index contributed by atoms with van der Waals surface area (Å²) in [5.74, 6) is 0.737. The summed E-state index contributed by atoms with van der Waals surface area (Å²) >= 11 is 0. The van der Waals surface area contributed by atoms with Crippen LogP contribution < -0.4 is 4.74 Å². The first-order valence-electron chi connectivity index (χ1n) is 6.50. The lowest BCUT2D eigenvalue weighted by Gasteiger charge is -2.17. The van der Waals surface area contributed by atoms with E-state index in [1.807, 2.05) is 56.3 Å². The van der Waals surface area contributed by atoms with Crippen LogP contribution in [0.4, 0.5) is 0 Å². The highest BCUT2D eigenvalue weighted by Gasteiger charge is 2.15. The van der Waals surface area contributed by atoms with E-state index in [2.05, 4.69) is 4.98 Å². The monoisotopic (exact) mass is 257 g/mol. The highest BCUT2D eigenvalue weighted by Crippen LogP contribution is 2.27. The zero-order valence-corrected chi connectivity index (χ0v) is 11.3. The zero-order chi connectivity index (χ0) is 13.7. The molecule has 100 valence electrons. The maximum atomic E-state index is 10.3. The summed E-state index contributed by atoms with van der Waals surface area (Å²) < 4.78 is 5.72. The maximum absolute atomic E-state index is 10.3. The molecule has 1 aromatic heterocycles. The molecule has 19 heavy (non-hydrogen) atoms. The van der Waals surface area contributed by atoms with Crippen molar-refractivity contribution < 1.29 is 9.84 Å². The van der Waals surface area contributed by atoms with Crippen molar-refractivity contribution in [3.8, 4) is 5.75 Å². The van der Waals surface area contributed by atoms with E-state index >= 15 is 0 Å². The fourth-order valence-corrected chi connectivity index (χ4v) is 1.94. The number of rotatable bonds is 5. The number of benzene rings is 1. The third kappa shape index (κ3) is 3.80. The summed E-state index contributed by atoms with van der Waals surface area (Å²) in [6, 6.07) is 13.3. The number of nitrogens with zero attached hydrogens (tertiary/aromatic N) is 1. The van der Waals surface area contributed by atoms with Gasteiger partial charge in [-0.2, -0.15) is 0 Å². The van der Waals surface area contributed by atoms with Gasteiger partial charge in [0, 0.05) is 23.9 Å². The molecule has 1 atom stereocenters. The summed E-state index contributed by atoms with van der Waals surface area (Å²) in [5, 5.41) is 10.3. The van der Waals surface area contributed by atoms with Crippen molar-refractivity contribution in [2.75, 3.05) is 0 Å². The quantitative estimate of drug-likeness (QED) is 0.894. The van der Waals surface area contributed by atoms with E-state index < -0.39 is 6.10 Å². The van der Waals surface area contributed by atoms with E-state index in [-0.39, 0.29) is 6.10 Å². The Morgan fingerprint density at radius 3 is 2.53 bits per heavy atom. The molecular weight excluding hydrogens is 238 g/mol. The van der Waals surface area contributed by atoms with Crippen LogP contribution in [0.1, 0.15) is 31.2 Å². The molecular formula is C16H19NO2. The first-order valence-corrected chi connectivity index (χ1v) is 6.50. The highest BCUT2D eigenvalue weighted by molar-refractivity contribution is 5.35. The number of pyridine rings is 1. The SMILES string of the molecule is CC(C)Oc1ccccc1C(O)Cc1ccccn1. The summed E-state index contributed by atoms with van der Waals surface area (Å²) in [6.45, 7) is 3.95. The van der Waals surface area contributed by atoms with Gasteiger partial charge in [0.25, 0.3) is 0 Å². The first kappa shape index (κ1) is 13.6. The van der Waals surface area contributed by atoms with Crippen LogP contribution in [0.5, 0.6) is 5.75 Å². The Labute approximate surface area is 113 Å². The fourth-order valence-electron chi connectivity index (χ4n) is 1.94. The van der Waals surface area contributed by atoms with Gasteiger partial charge in [-0.05, 0) is 32.0 Å². The van der Waals surface area contributed by atoms with Crippen molar-refractivity contribution in [3.63, 3.8) is 0 Å². The Morgan fingerprint density at radius 2 is 1.84 bits per heavy atom. The molecule has 3 nitrogen and oxygen atoms in total. The van der Waals surface area contributed by atoms with Gasteiger partial charge in [0.1, 0.15) is 5.75 Å². The smallest absolute Gasteiger partial charge is 0.125 e. The molecule has 1 N–H and O–H groups in total. The predicted molar refractivity (Wildman–Crippen MR) is 75.1 cm³/mol. The molecule has 0 saturated heterocycles. The van der Waals surface area contributed by atoms with E-state index in [0.29, 0.717) is 6.42 Å². The zero-order valence-electron chi connectivity index (χ0n) is 11.3. The van der Waals surface area contributed by atoms with Gasteiger partial charge in [-0.1, -0.05) is 24.3 Å². The number of aliphatic hydroxyl groups excluding tert-OH is 1. The number of hydrogen-bond acceptors (Lipinski definition) is 3. The summed E-state index contributed by atoms with van der Waals surface area (Å²) in [7, 11) is 0. The number of hydrogen-bond donors (Lipinski definition) is 1. The normalized spacial score (nSPS) is 12.4. The number of aliphatic hydroxyl groups is 1. The maximum Gasteiger partial charge on any atom is 0.125 e. The van der Waals surface area contributed by atoms with Gasteiger partial charge < -0.3 is 9.84 Å². The van der Waals surface area contributed by atoms with Crippen LogP contribution in [0, 0.1) is 0 Å². The van der Waals surface area contributed by atoms with Crippen LogP contribution in [0.2, 0.25) is 0 Å². The van der Waals surface area contributed by atoms with Crippen LogP contribution in [-0.2, 0) is 6.42 Å². The van der Waals surface area contributed by atoms with E-state index in [0.717, 1.165) is 17.0 Å². The molecule has 3 heteroatoms. The van der Waals surface area contributed by atoms with Crippen LogP contribution in [-0.4, -0.2) is 16.2 Å². The van der Waals surface area contributed by atoms with Gasteiger partial charge in [0.2, 0.25) is 0 Å². The molecule has 0 fully saturated rings. The van der Waals surface area contributed by atoms with Crippen molar-refractivity contribution >= 4 is 0 Å². The molecule has 1 aromatic carbocycles. The summed E-state index contributed by atoms with van der Waals surface area (Å²) in [4.78, 5) is 4.23. The van der Waals surface area contributed by atoms with Gasteiger partial charge in [-0.3, -0.25) is 4.98 Å². The Morgan fingerprint density at radius 1 is 1.11 bits per heavy atom. The Kier molecular flexibility index (Phi) is 4.53. The number of ether oxygens (including phenoxy) is 1. The molecule has 0 spiro atoms. The lowest BCUT2D eigenvalue weighted by atomic mass is 10.0. The molecule has 0 aliphatic rings. The van der Waals surface area contributed by atoms with Crippen LogP contribution >= 0.6 is 0 Å². The van der Waals surface area contributed by atoms with E-state index in [9.17, 15) is 5.11 Å². The molecule has 2 rings (SSSR count). The molecule has 1 unspecified atom stereocenters. The van der Waals surface area contributed by atoms with Crippen molar-refractivity contribution in [1.29, 1.82) is 0 Å². The molecule has 0 radical (unpaired) electrons. The second-order valence-electron chi connectivity index (χ2n) is 4.75. The molecule has 2 aromatic rings. The van der Waals surface area contributed by atoms with Gasteiger partial charge in [-0.15, -0.1) is 0 Å². The van der Waals surface area contributed by atoms with Crippen molar-refractivity contribution in [3.05, 3.63) is 59.9 Å². The van der Waals surface area contributed by atoms with Crippen LogP contribution in [0.15, 0.2) is 48.7 Å². The molecule has 0 aliphatic heterocycles. The standard InChI is InChI=1S/C16H19NO2/c1-12(2)19-16-9-4-3-8-14(16)15(18)11-13-7-5-6-10-17-13/h3-10,12,15,18H,11H2,1-2H3. The molecule has 0 amide bonds. The second kappa shape index (κ2) is 6.34. The largest absolute Gasteiger partial charge is 0.491 e. The lowest BCUT2D eigenvalue weighted by Crippen LogP contribution is -2.10. The van der Waals surface area contributed by atoms with Crippen molar-refractivity contribution in [2.45, 2.75) is 32.5 Å². The van der Waals surface area contributed by atoms with Crippen molar-refractivity contribution in [1.82, 2.24) is 4.98 Å². The molecule has 0 bridgehead atoms. The average molecular weight is 257 g/mol. The number of para-hydroxylation sites is 1. The summed E-state index contributed by atoms with van der Waals surface area (Å²) in [6.07, 6.45) is 1.70. The fraction of sp³-hybridized carbons (Fsp3) is 0.312. The number of aromatic nitrogens is 1.